The molecule has 1 aliphatic heterocycles. The van der Waals surface area contributed by atoms with Gasteiger partial charge in [0.1, 0.15) is 0 Å². The summed E-state index contributed by atoms with van der Waals surface area (Å²) in [7, 11) is 0. The molecule has 1 aliphatic rings. The van der Waals surface area contributed by atoms with Gasteiger partial charge >= 0.3 is 0 Å². The lowest BCUT2D eigenvalue weighted by Crippen LogP contribution is -2.35. The second kappa shape index (κ2) is 7.82. The lowest BCUT2D eigenvalue weighted by atomic mass is 10.1. The summed E-state index contributed by atoms with van der Waals surface area (Å²) in [6.45, 7) is 2.15. The first-order chi connectivity index (χ1) is 12.5. The molecule has 0 unspecified atom stereocenters. The molecule has 2 aromatic carbocycles. The number of anilines is 3. The molecule has 1 heterocycles. The van der Waals surface area contributed by atoms with Gasteiger partial charge in [-0.05, 0) is 55.3 Å². The highest BCUT2D eigenvalue weighted by Gasteiger charge is 2.19. The van der Waals surface area contributed by atoms with Crippen molar-refractivity contribution in [2.24, 2.45) is 0 Å². The normalized spacial score (nSPS) is 14.0. The fraction of sp³-hybridized carbons (Fsp3) is 0.250. The van der Waals surface area contributed by atoms with Crippen LogP contribution >= 0.6 is 0 Å². The van der Waals surface area contributed by atoms with Crippen LogP contribution in [0.5, 0.6) is 0 Å². The summed E-state index contributed by atoms with van der Waals surface area (Å²) >= 11 is 0. The molecule has 0 radical (unpaired) electrons. The summed E-state index contributed by atoms with van der Waals surface area (Å²) in [5, 5.41) is 5.49. The zero-order valence-corrected chi connectivity index (χ0v) is 14.6. The van der Waals surface area contributed by atoms with Gasteiger partial charge in [-0.15, -0.1) is 0 Å². The van der Waals surface area contributed by atoms with Crippen LogP contribution in [0.3, 0.4) is 0 Å². The third-order valence-electron chi connectivity index (χ3n) is 4.21. The van der Waals surface area contributed by atoms with E-state index < -0.39 is 0 Å². The van der Waals surface area contributed by atoms with Crippen molar-refractivity contribution < 1.29 is 14.4 Å². The average molecular weight is 351 g/mol. The lowest BCUT2D eigenvalue weighted by Gasteiger charge is -2.26. The number of carbonyl (C=O) groups is 3. The zero-order valence-electron chi connectivity index (χ0n) is 14.6. The Morgan fingerprint density at radius 1 is 0.962 bits per heavy atom. The lowest BCUT2D eigenvalue weighted by molar-refractivity contribution is -0.119. The molecule has 0 aliphatic carbocycles. The Morgan fingerprint density at radius 2 is 1.65 bits per heavy atom. The molecule has 26 heavy (non-hydrogen) atoms. The quantitative estimate of drug-likeness (QED) is 0.886. The van der Waals surface area contributed by atoms with Crippen LogP contribution < -0.4 is 15.5 Å². The van der Waals surface area contributed by atoms with E-state index in [2.05, 4.69) is 10.6 Å². The fourth-order valence-corrected chi connectivity index (χ4v) is 2.95. The van der Waals surface area contributed by atoms with E-state index in [4.69, 9.17) is 0 Å². The zero-order chi connectivity index (χ0) is 18.5. The number of nitrogens with zero attached hydrogens (tertiary/aromatic N) is 1. The molecular formula is C20H21N3O3. The minimum absolute atomic E-state index is 0.128. The maximum Gasteiger partial charge on any atom is 0.255 e. The van der Waals surface area contributed by atoms with E-state index >= 15 is 0 Å². The van der Waals surface area contributed by atoms with Gasteiger partial charge in [-0.25, -0.2) is 0 Å². The molecule has 1 fully saturated rings. The van der Waals surface area contributed by atoms with Crippen LogP contribution in [0, 0.1) is 0 Å². The molecule has 2 N–H and O–H groups in total. The first-order valence-electron chi connectivity index (χ1n) is 8.62. The van der Waals surface area contributed by atoms with Crippen molar-refractivity contribution in [1.29, 1.82) is 0 Å². The molecule has 0 aromatic heterocycles. The van der Waals surface area contributed by atoms with E-state index in [-0.39, 0.29) is 17.7 Å². The molecule has 1 saturated heterocycles. The van der Waals surface area contributed by atoms with Gasteiger partial charge in [-0.2, -0.15) is 0 Å². The smallest absolute Gasteiger partial charge is 0.255 e. The number of amides is 3. The van der Waals surface area contributed by atoms with Gasteiger partial charge in [0.15, 0.2) is 0 Å². The molecule has 134 valence electrons. The number of piperidine rings is 1. The molecule has 3 rings (SSSR count). The Balaban J connectivity index is 1.68. The number of benzene rings is 2. The summed E-state index contributed by atoms with van der Waals surface area (Å²) in [6.07, 6.45) is 2.51. The summed E-state index contributed by atoms with van der Waals surface area (Å²) in [5.41, 5.74) is 2.54. The number of hydrogen-bond donors (Lipinski definition) is 2. The van der Waals surface area contributed by atoms with Gasteiger partial charge in [0.05, 0.1) is 0 Å². The van der Waals surface area contributed by atoms with Crippen LogP contribution in [0.15, 0.2) is 48.5 Å². The first kappa shape index (κ1) is 17.7. The van der Waals surface area contributed by atoms with Crippen molar-refractivity contribution in [3.05, 3.63) is 54.1 Å². The Kier molecular flexibility index (Phi) is 5.31. The Bertz CT molecular complexity index is 830. The highest BCUT2D eigenvalue weighted by atomic mass is 16.2. The number of hydrogen-bond acceptors (Lipinski definition) is 3. The number of carbonyl (C=O) groups excluding carboxylic acids is 3. The second-order valence-electron chi connectivity index (χ2n) is 6.27. The maximum atomic E-state index is 12.4. The Morgan fingerprint density at radius 3 is 2.31 bits per heavy atom. The molecule has 0 bridgehead atoms. The van der Waals surface area contributed by atoms with Gasteiger partial charge in [-0.3, -0.25) is 14.4 Å². The highest BCUT2D eigenvalue weighted by Crippen LogP contribution is 2.22. The minimum Gasteiger partial charge on any atom is -0.326 e. The summed E-state index contributed by atoms with van der Waals surface area (Å²) in [5.74, 6) is -0.291. The van der Waals surface area contributed by atoms with Gasteiger partial charge in [0.25, 0.3) is 5.91 Å². The Labute approximate surface area is 152 Å². The molecule has 6 heteroatoms. The van der Waals surface area contributed by atoms with E-state index in [1.165, 1.54) is 6.92 Å². The van der Waals surface area contributed by atoms with Gasteiger partial charge in [0, 0.05) is 42.5 Å². The minimum atomic E-state index is -0.249. The van der Waals surface area contributed by atoms with Crippen LogP contribution in [0.1, 0.15) is 36.5 Å². The topological polar surface area (TPSA) is 78.5 Å². The molecule has 0 saturated carbocycles. The van der Waals surface area contributed by atoms with Crippen LogP contribution in [0.4, 0.5) is 17.1 Å². The van der Waals surface area contributed by atoms with E-state index in [1.807, 2.05) is 0 Å². The van der Waals surface area contributed by atoms with Gasteiger partial charge in [-0.1, -0.05) is 6.07 Å². The summed E-state index contributed by atoms with van der Waals surface area (Å²) in [6, 6.07) is 14.0. The van der Waals surface area contributed by atoms with Crippen molar-refractivity contribution >= 4 is 34.8 Å². The molecule has 0 spiro atoms. The number of rotatable bonds is 4. The van der Waals surface area contributed by atoms with Crippen molar-refractivity contribution in [2.45, 2.75) is 26.2 Å². The maximum absolute atomic E-state index is 12.4. The summed E-state index contributed by atoms with van der Waals surface area (Å²) in [4.78, 5) is 37.3. The van der Waals surface area contributed by atoms with Crippen molar-refractivity contribution in [3.63, 3.8) is 0 Å². The van der Waals surface area contributed by atoms with E-state index in [1.54, 1.807) is 53.4 Å². The van der Waals surface area contributed by atoms with Crippen LogP contribution in [-0.2, 0) is 9.59 Å². The standard InChI is InChI=1S/C20H21N3O3/c1-14(24)21-16-5-4-6-17(13-16)22-20(26)15-8-10-18(11-9-15)23-12-3-2-7-19(23)25/h4-6,8-11,13H,2-3,7,12H2,1H3,(H,21,24)(H,22,26). The molecule has 6 nitrogen and oxygen atoms in total. The van der Waals surface area contributed by atoms with Crippen molar-refractivity contribution in [1.82, 2.24) is 0 Å². The van der Waals surface area contributed by atoms with Crippen LogP contribution in [0.2, 0.25) is 0 Å². The van der Waals surface area contributed by atoms with Crippen molar-refractivity contribution in [3.8, 4) is 0 Å². The SMILES string of the molecule is CC(=O)Nc1cccc(NC(=O)c2ccc(N3CCCCC3=O)cc2)c1. The fourth-order valence-electron chi connectivity index (χ4n) is 2.95. The predicted octanol–water partition coefficient (Wildman–Crippen LogP) is 3.41. The molecule has 2 aromatic rings. The van der Waals surface area contributed by atoms with Gasteiger partial charge in [0.2, 0.25) is 11.8 Å². The molecule has 0 atom stereocenters. The Hall–Kier alpha value is -3.15. The van der Waals surface area contributed by atoms with E-state index in [0.29, 0.717) is 23.4 Å². The third-order valence-corrected chi connectivity index (χ3v) is 4.21. The molecule has 3 amide bonds. The van der Waals surface area contributed by atoms with Crippen LogP contribution in [0.25, 0.3) is 0 Å². The number of nitrogens with one attached hydrogen (secondary N) is 2. The predicted molar refractivity (Wildman–Crippen MR) is 101 cm³/mol. The van der Waals surface area contributed by atoms with E-state index in [9.17, 15) is 14.4 Å². The monoisotopic (exact) mass is 351 g/mol. The van der Waals surface area contributed by atoms with Gasteiger partial charge < -0.3 is 15.5 Å². The first-order valence-corrected chi connectivity index (χ1v) is 8.62. The molecular weight excluding hydrogens is 330 g/mol. The van der Waals surface area contributed by atoms with Crippen molar-refractivity contribution in [2.75, 3.05) is 22.1 Å². The van der Waals surface area contributed by atoms with E-state index in [0.717, 1.165) is 25.1 Å². The highest BCUT2D eigenvalue weighted by molar-refractivity contribution is 6.05. The largest absolute Gasteiger partial charge is 0.326 e. The summed E-state index contributed by atoms with van der Waals surface area (Å²) < 4.78 is 0. The second-order valence-corrected chi connectivity index (χ2v) is 6.27. The third kappa shape index (κ3) is 4.27. The van der Waals surface area contributed by atoms with Crippen LogP contribution in [-0.4, -0.2) is 24.3 Å². The average Bonchev–Trinajstić information content (AvgIpc) is 2.62.